The number of benzene rings is 2. The van der Waals surface area contributed by atoms with E-state index in [1.165, 1.54) is 5.56 Å². The molecule has 4 heteroatoms. The third kappa shape index (κ3) is 2.99. The molecular formula is C17H19N3O. The first-order valence-electron chi connectivity index (χ1n) is 7.21. The van der Waals surface area contributed by atoms with E-state index in [0.717, 1.165) is 17.9 Å². The fourth-order valence-corrected chi connectivity index (χ4v) is 2.56. The van der Waals surface area contributed by atoms with Gasteiger partial charge in [0.15, 0.2) is 0 Å². The van der Waals surface area contributed by atoms with Crippen molar-refractivity contribution in [2.24, 2.45) is 0 Å². The summed E-state index contributed by atoms with van der Waals surface area (Å²) in [5, 5.41) is 6.30. The summed E-state index contributed by atoms with van der Waals surface area (Å²) < 4.78 is 0. The van der Waals surface area contributed by atoms with Gasteiger partial charge < -0.3 is 10.6 Å². The summed E-state index contributed by atoms with van der Waals surface area (Å²) in [4.78, 5) is 13.5. The minimum Gasteiger partial charge on any atom is -0.378 e. The first-order chi connectivity index (χ1) is 10.2. The van der Waals surface area contributed by atoms with Crippen LogP contribution in [0.25, 0.3) is 0 Å². The van der Waals surface area contributed by atoms with Gasteiger partial charge in [-0.05, 0) is 30.7 Å². The number of hydrogen-bond acceptors (Lipinski definition) is 2. The summed E-state index contributed by atoms with van der Waals surface area (Å²) in [6, 6.07) is 18.5. The lowest BCUT2D eigenvalue weighted by atomic mass is 10.1. The van der Waals surface area contributed by atoms with Crippen molar-refractivity contribution in [2.45, 2.75) is 13.0 Å². The van der Waals surface area contributed by atoms with Gasteiger partial charge in [-0.3, -0.25) is 4.90 Å². The van der Waals surface area contributed by atoms with Crippen LogP contribution in [0, 0.1) is 0 Å². The third-order valence-corrected chi connectivity index (χ3v) is 3.70. The van der Waals surface area contributed by atoms with E-state index in [1.807, 2.05) is 42.5 Å². The molecule has 0 aromatic heterocycles. The molecule has 0 spiro atoms. The number of hydrogen-bond donors (Lipinski definition) is 2. The molecule has 1 aliphatic rings. The second-order valence-electron chi connectivity index (χ2n) is 5.21. The highest BCUT2D eigenvalue weighted by Gasteiger charge is 2.21. The minimum absolute atomic E-state index is 0.0248. The van der Waals surface area contributed by atoms with Crippen LogP contribution in [-0.2, 0) is 0 Å². The molecule has 108 valence electrons. The standard InChI is InChI=1S/C17H19N3O/c1-13(14-6-3-2-4-7-14)19-15-8-5-9-16(12-15)20-11-10-18-17(20)21/h2-9,12-13,19H,10-11H2,1H3,(H,18,21). The monoisotopic (exact) mass is 281 g/mol. The Bertz CT molecular complexity index is 627. The summed E-state index contributed by atoms with van der Waals surface area (Å²) >= 11 is 0. The van der Waals surface area contributed by atoms with E-state index in [2.05, 4.69) is 29.7 Å². The van der Waals surface area contributed by atoms with Crippen molar-refractivity contribution in [3.8, 4) is 0 Å². The largest absolute Gasteiger partial charge is 0.378 e. The Morgan fingerprint density at radius 3 is 2.67 bits per heavy atom. The normalized spacial score (nSPS) is 15.7. The molecule has 0 saturated carbocycles. The molecule has 0 bridgehead atoms. The Balaban J connectivity index is 1.76. The second-order valence-corrected chi connectivity index (χ2v) is 5.21. The van der Waals surface area contributed by atoms with Crippen molar-refractivity contribution in [2.75, 3.05) is 23.3 Å². The van der Waals surface area contributed by atoms with Crippen LogP contribution in [0.5, 0.6) is 0 Å². The van der Waals surface area contributed by atoms with Crippen molar-refractivity contribution >= 4 is 17.4 Å². The summed E-state index contributed by atoms with van der Waals surface area (Å²) in [7, 11) is 0. The molecule has 0 radical (unpaired) electrons. The number of anilines is 2. The van der Waals surface area contributed by atoms with Crippen molar-refractivity contribution in [1.82, 2.24) is 5.32 Å². The van der Waals surface area contributed by atoms with Gasteiger partial charge >= 0.3 is 6.03 Å². The first-order valence-corrected chi connectivity index (χ1v) is 7.21. The quantitative estimate of drug-likeness (QED) is 0.902. The molecule has 1 atom stereocenters. The maximum atomic E-state index is 11.7. The van der Waals surface area contributed by atoms with Gasteiger partial charge in [-0.1, -0.05) is 36.4 Å². The Kier molecular flexibility index (Phi) is 3.77. The van der Waals surface area contributed by atoms with Crippen molar-refractivity contribution in [3.05, 3.63) is 60.2 Å². The molecule has 1 fully saturated rings. The first kappa shape index (κ1) is 13.5. The highest BCUT2D eigenvalue weighted by Crippen LogP contribution is 2.24. The van der Waals surface area contributed by atoms with Gasteiger partial charge in [-0.25, -0.2) is 4.79 Å². The summed E-state index contributed by atoms with van der Waals surface area (Å²) in [5.41, 5.74) is 3.18. The molecular weight excluding hydrogens is 262 g/mol. The second kappa shape index (κ2) is 5.87. The van der Waals surface area contributed by atoms with Crippen molar-refractivity contribution in [3.63, 3.8) is 0 Å². The van der Waals surface area contributed by atoms with Crippen molar-refractivity contribution in [1.29, 1.82) is 0 Å². The third-order valence-electron chi connectivity index (χ3n) is 3.70. The highest BCUT2D eigenvalue weighted by molar-refractivity contribution is 5.94. The van der Waals surface area contributed by atoms with Crippen LogP contribution in [0.1, 0.15) is 18.5 Å². The summed E-state index contributed by atoms with van der Waals surface area (Å²) in [6.45, 7) is 3.55. The zero-order chi connectivity index (χ0) is 14.7. The molecule has 2 aromatic carbocycles. The zero-order valence-corrected chi connectivity index (χ0v) is 12.0. The van der Waals surface area contributed by atoms with Gasteiger partial charge in [0, 0.05) is 30.5 Å². The zero-order valence-electron chi connectivity index (χ0n) is 12.0. The lowest BCUT2D eigenvalue weighted by Crippen LogP contribution is -2.27. The summed E-state index contributed by atoms with van der Waals surface area (Å²) in [5.74, 6) is 0. The number of nitrogens with one attached hydrogen (secondary N) is 2. The van der Waals surface area contributed by atoms with E-state index in [4.69, 9.17) is 0 Å². The summed E-state index contributed by atoms with van der Waals surface area (Å²) in [6.07, 6.45) is 0. The number of amides is 2. The van der Waals surface area contributed by atoms with Crippen LogP contribution in [0.2, 0.25) is 0 Å². The predicted octanol–water partition coefficient (Wildman–Crippen LogP) is 3.39. The van der Waals surface area contributed by atoms with E-state index >= 15 is 0 Å². The maximum Gasteiger partial charge on any atom is 0.321 e. The fraction of sp³-hybridized carbons (Fsp3) is 0.235. The predicted molar refractivity (Wildman–Crippen MR) is 85.7 cm³/mol. The highest BCUT2D eigenvalue weighted by atomic mass is 16.2. The van der Waals surface area contributed by atoms with Crippen LogP contribution in [0.15, 0.2) is 54.6 Å². The van der Waals surface area contributed by atoms with E-state index in [-0.39, 0.29) is 12.1 Å². The number of rotatable bonds is 4. The van der Waals surface area contributed by atoms with Crippen LogP contribution >= 0.6 is 0 Å². The SMILES string of the molecule is CC(Nc1cccc(N2CCNC2=O)c1)c1ccccc1. The molecule has 2 aromatic rings. The molecule has 2 N–H and O–H groups in total. The number of urea groups is 1. The van der Waals surface area contributed by atoms with Gasteiger partial charge in [-0.2, -0.15) is 0 Å². The van der Waals surface area contributed by atoms with Crippen LogP contribution in [0.3, 0.4) is 0 Å². The molecule has 1 heterocycles. The maximum absolute atomic E-state index is 11.7. The molecule has 0 aliphatic carbocycles. The van der Waals surface area contributed by atoms with Gasteiger partial charge in [0.25, 0.3) is 0 Å². The van der Waals surface area contributed by atoms with Gasteiger partial charge in [0.05, 0.1) is 0 Å². The minimum atomic E-state index is -0.0248. The Morgan fingerprint density at radius 1 is 1.14 bits per heavy atom. The molecule has 1 aliphatic heterocycles. The van der Waals surface area contributed by atoms with Crippen molar-refractivity contribution < 1.29 is 4.79 Å². The fourth-order valence-electron chi connectivity index (χ4n) is 2.56. The Hall–Kier alpha value is -2.49. The number of carbonyl (C=O) groups is 1. The lowest BCUT2D eigenvalue weighted by Gasteiger charge is -2.19. The molecule has 4 nitrogen and oxygen atoms in total. The van der Waals surface area contributed by atoms with Crippen LogP contribution in [0.4, 0.5) is 16.2 Å². The molecule has 2 amide bonds. The Labute approximate surface area is 124 Å². The molecule has 1 saturated heterocycles. The van der Waals surface area contributed by atoms with E-state index in [0.29, 0.717) is 6.54 Å². The van der Waals surface area contributed by atoms with E-state index in [9.17, 15) is 4.79 Å². The average Bonchev–Trinajstić information content (AvgIpc) is 2.94. The van der Waals surface area contributed by atoms with Gasteiger partial charge in [-0.15, -0.1) is 0 Å². The number of nitrogens with zero attached hydrogens (tertiary/aromatic N) is 1. The molecule has 21 heavy (non-hydrogen) atoms. The topological polar surface area (TPSA) is 44.4 Å². The molecule has 3 rings (SSSR count). The van der Waals surface area contributed by atoms with E-state index in [1.54, 1.807) is 4.90 Å². The number of carbonyl (C=O) groups excluding carboxylic acids is 1. The average molecular weight is 281 g/mol. The van der Waals surface area contributed by atoms with Gasteiger partial charge in [0.1, 0.15) is 0 Å². The van der Waals surface area contributed by atoms with Crippen LogP contribution < -0.4 is 15.5 Å². The van der Waals surface area contributed by atoms with E-state index < -0.39 is 0 Å². The Morgan fingerprint density at radius 2 is 1.95 bits per heavy atom. The smallest absolute Gasteiger partial charge is 0.321 e. The van der Waals surface area contributed by atoms with Gasteiger partial charge in [0.2, 0.25) is 0 Å². The van der Waals surface area contributed by atoms with Crippen LogP contribution in [-0.4, -0.2) is 19.1 Å². The molecule has 1 unspecified atom stereocenters. The lowest BCUT2D eigenvalue weighted by molar-refractivity contribution is 0.252.